The lowest BCUT2D eigenvalue weighted by atomic mass is 9.95. The van der Waals surface area contributed by atoms with E-state index in [1.54, 1.807) is 67.0 Å². The van der Waals surface area contributed by atoms with Crippen LogP contribution in [-0.2, 0) is 51.7 Å². The Bertz CT molecular complexity index is 2760. The van der Waals surface area contributed by atoms with Crippen LogP contribution in [0.25, 0.3) is 0 Å². The maximum Gasteiger partial charge on any atom is 0.316 e. The summed E-state index contributed by atoms with van der Waals surface area (Å²) in [4.78, 5) is 68.0. The van der Waals surface area contributed by atoms with Crippen molar-refractivity contribution in [3.8, 4) is 0 Å². The number of aromatic nitrogens is 10. The van der Waals surface area contributed by atoms with E-state index >= 15 is 4.39 Å². The van der Waals surface area contributed by atoms with Gasteiger partial charge in [0.25, 0.3) is 11.8 Å². The minimum Gasteiger partial charge on any atom is -0.384 e. The summed E-state index contributed by atoms with van der Waals surface area (Å²) in [7, 11) is 6.37. The van der Waals surface area contributed by atoms with Crippen LogP contribution in [0.15, 0.2) is 72.2 Å². The van der Waals surface area contributed by atoms with Crippen LogP contribution in [0.5, 0.6) is 0 Å². The van der Waals surface area contributed by atoms with Crippen molar-refractivity contribution in [1.82, 2.24) is 54.4 Å². The van der Waals surface area contributed by atoms with E-state index in [9.17, 15) is 23.6 Å². The average Bonchev–Trinajstić information content (AvgIpc) is 4.12. The van der Waals surface area contributed by atoms with E-state index in [0.29, 0.717) is 54.4 Å². The van der Waals surface area contributed by atoms with Crippen molar-refractivity contribution in [2.75, 3.05) is 51.3 Å². The molecule has 22 heteroatoms. The molecule has 0 bridgehead atoms. The number of benzene rings is 2. The summed E-state index contributed by atoms with van der Waals surface area (Å²) in [6.07, 6.45) is 5.16. The number of amides is 4. The van der Waals surface area contributed by atoms with Crippen LogP contribution in [0.4, 0.5) is 20.4 Å². The summed E-state index contributed by atoms with van der Waals surface area (Å²) < 4.78 is 46.7. The first-order valence-electron chi connectivity index (χ1n) is 20.8. The standard InChI is InChI=1S/C43H46F2N14O6/c1-54-36-18-30(13-16-64-3)50-58(36)14-11-27(42(54)62)20-46-40(60)38-47-24-57(52-38)22-29-10-9-26(17-33(29)45)31(23-65-4)35-19-37-55(2)43(63)34(12-15-59(37)51-35)49-41(61)39-48-25-56(53-39)21-28-7-5-6-8-32(28)44/h5-10,17-20,24-25,27,31,34H,11-16,21-23H2,1-4H3,(H,49,61)/b46-20-/t27?,31?,34-/m1/s1. The van der Waals surface area contributed by atoms with Crippen LogP contribution in [0.3, 0.4) is 0 Å². The number of aliphatic imine (C=N–C) groups is 1. The second-order valence-corrected chi connectivity index (χ2v) is 15.7. The molecule has 338 valence electrons. The molecule has 2 aromatic carbocycles. The van der Waals surface area contributed by atoms with Gasteiger partial charge in [-0.2, -0.15) is 10.2 Å². The van der Waals surface area contributed by atoms with Gasteiger partial charge >= 0.3 is 5.91 Å². The number of likely N-dealkylation sites (N-methyl/N-ethyl adjacent to an activating group) is 1. The number of fused-ring (bicyclic) bond motifs is 2. The van der Waals surface area contributed by atoms with Crippen LogP contribution in [0.1, 0.15) is 68.1 Å². The molecule has 6 aromatic rings. The minimum absolute atomic E-state index is 0.0379. The van der Waals surface area contributed by atoms with Crippen molar-refractivity contribution in [1.29, 1.82) is 0 Å². The minimum atomic E-state index is -0.910. The normalized spacial score (nSPS) is 17.0. The molecule has 65 heavy (non-hydrogen) atoms. The zero-order valence-corrected chi connectivity index (χ0v) is 36.0. The number of carbonyl (C=O) groups excluding carboxylic acids is 4. The molecular formula is C43H46F2N14O6. The van der Waals surface area contributed by atoms with Crippen LogP contribution in [-0.4, -0.2) is 127 Å². The second-order valence-electron chi connectivity index (χ2n) is 15.7. The van der Waals surface area contributed by atoms with Crippen molar-refractivity contribution < 1.29 is 37.4 Å². The largest absolute Gasteiger partial charge is 0.384 e. The molecule has 0 saturated carbocycles. The van der Waals surface area contributed by atoms with Crippen LogP contribution >= 0.6 is 0 Å². The third-order valence-electron chi connectivity index (χ3n) is 11.3. The SMILES string of the molecule is COCCc1cc2n(n1)CCC(/C=N\C(=O)c1ncn(Cc3ccc(C(COC)c4cc5n(n4)CC[C@@H](NC(=O)c4ncn(Cc6ccccc6F)n4)C(=O)N5C)cc3F)n1)C(=O)N2C. The Hall–Kier alpha value is -7.33. The monoisotopic (exact) mass is 892 g/mol. The molecule has 2 aliphatic rings. The van der Waals surface area contributed by atoms with Gasteiger partial charge in [-0.15, -0.1) is 10.2 Å². The summed E-state index contributed by atoms with van der Waals surface area (Å²) in [5.41, 5.74) is 2.58. The highest BCUT2D eigenvalue weighted by molar-refractivity contribution is 6.06. The van der Waals surface area contributed by atoms with Gasteiger partial charge in [0.2, 0.25) is 17.6 Å². The molecule has 0 saturated heterocycles. The number of hydrogen-bond acceptors (Lipinski definition) is 12. The molecule has 8 rings (SSSR count). The van der Waals surface area contributed by atoms with Gasteiger partial charge in [-0.05, 0) is 30.5 Å². The Morgan fingerprint density at radius 1 is 0.815 bits per heavy atom. The Kier molecular flexibility index (Phi) is 13.1. The molecule has 3 atom stereocenters. The molecule has 0 spiro atoms. The summed E-state index contributed by atoms with van der Waals surface area (Å²) in [6.45, 7) is 1.42. The van der Waals surface area contributed by atoms with Crippen molar-refractivity contribution >= 4 is 41.5 Å². The number of nitrogens with one attached hydrogen (secondary N) is 1. The van der Waals surface area contributed by atoms with E-state index in [1.165, 1.54) is 57.3 Å². The highest BCUT2D eigenvalue weighted by Gasteiger charge is 2.33. The Morgan fingerprint density at radius 2 is 1.49 bits per heavy atom. The number of halogens is 2. The van der Waals surface area contributed by atoms with E-state index in [1.807, 2.05) is 6.07 Å². The molecular weight excluding hydrogens is 847 g/mol. The number of rotatable bonds is 15. The predicted octanol–water partition coefficient (Wildman–Crippen LogP) is 2.66. The highest BCUT2D eigenvalue weighted by atomic mass is 19.1. The van der Waals surface area contributed by atoms with Gasteiger partial charge in [0.1, 0.15) is 42.0 Å². The summed E-state index contributed by atoms with van der Waals surface area (Å²) >= 11 is 0. The van der Waals surface area contributed by atoms with E-state index in [2.05, 4.69) is 35.6 Å². The van der Waals surface area contributed by atoms with E-state index in [4.69, 9.17) is 14.6 Å². The number of carbonyl (C=O) groups is 4. The summed E-state index contributed by atoms with van der Waals surface area (Å²) in [5, 5.41) is 20.5. The topological polar surface area (TPSA) is 215 Å². The number of ether oxygens (including phenoxy) is 2. The molecule has 0 fully saturated rings. The zero-order chi connectivity index (χ0) is 45.8. The maximum atomic E-state index is 15.8. The Morgan fingerprint density at radius 3 is 2.23 bits per heavy atom. The molecule has 1 N–H and O–H groups in total. The van der Waals surface area contributed by atoms with Crippen molar-refractivity contribution in [2.45, 2.75) is 57.4 Å². The van der Waals surface area contributed by atoms with Gasteiger partial charge in [0.05, 0.1) is 49.5 Å². The first kappa shape index (κ1) is 44.3. The number of aryl methyl sites for hydroxylation is 2. The lowest BCUT2D eigenvalue weighted by Gasteiger charge is -2.20. The van der Waals surface area contributed by atoms with Crippen LogP contribution < -0.4 is 15.1 Å². The number of nitrogens with zero attached hydrogens (tertiary/aromatic N) is 13. The third kappa shape index (κ3) is 9.62. The average molecular weight is 893 g/mol. The van der Waals surface area contributed by atoms with Gasteiger partial charge in [-0.1, -0.05) is 30.3 Å². The summed E-state index contributed by atoms with van der Waals surface area (Å²) in [5.74, 6) is -3.38. The van der Waals surface area contributed by atoms with E-state index in [0.717, 1.165) is 5.69 Å². The fourth-order valence-electron chi connectivity index (χ4n) is 7.78. The smallest absolute Gasteiger partial charge is 0.316 e. The third-order valence-corrected chi connectivity index (χ3v) is 11.3. The number of hydrogen-bond donors (Lipinski definition) is 1. The van der Waals surface area contributed by atoms with Gasteiger partial charge in [-0.3, -0.25) is 29.0 Å². The molecule has 0 aliphatic carbocycles. The molecule has 2 aliphatic heterocycles. The fraction of sp³-hybridized carbons (Fsp3) is 0.372. The van der Waals surface area contributed by atoms with Crippen molar-refractivity contribution in [3.05, 3.63) is 119 Å². The van der Waals surface area contributed by atoms with E-state index in [-0.39, 0.29) is 61.7 Å². The molecule has 4 amide bonds. The molecule has 2 unspecified atom stereocenters. The van der Waals surface area contributed by atoms with Gasteiger partial charge in [0, 0.05) is 77.3 Å². The Balaban J connectivity index is 0.883. The lowest BCUT2D eigenvalue weighted by molar-refractivity contribution is -0.120. The van der Waals surface area contributed by atoms with Crippen LogP contribution in [0, 0.1) is 17.6 Å². The van der Waals surface area contributed by atoms with Gasteiger partial charge in [0.15, 0.2) is 0 Å². The van der Waals surface area contributed by atoms with Gasteiger partial charge < -0.3 is 14.8 Å². The Labute approximate surface area is 370 Å². The van der Waals surface area contributed by atoms with E-state index < -0.39 is 41.3 Å². The predicted molar refractivity (Wildman–Crippen MR) is 228 cm³/mol. The number of anilines is 2. The first-order valence-corrected chi connectivity index (χ1v) is 20.8. The quantitative estimate of drug-likeness (QED) is 0.147. The highest BCUT2D eigenvalue weighted by Crippen LogP contribution is 2.31. The second kappa shape index (κ2) is 19.2. The van der Waals surface area contributed by atoms with Crippen molar-refractivity contribution in [2.24, 2.45) is 10.9 Å². The first-order chi connectivity index (χ1) is 31.4. The van der Waals surface area contributed by atoms with Crippen LogP contribution in [0.2, 0.25) is 0 Å². The molecule has 20 nitrogen and oxygen atoms in total. The fourth-order valence-corrected chi connectivity index (χ4v) is 7.78. The zero-order valence-electron chi connectivity index (χ0n) is 36.0. The molecule has 6 heterocycles. The van der Waals surface area contributed by atoms with Gasteiger partial charge in [-0.25, -0.2) is 42.5 Å². The lowest BCUT2D eigenvalue weighted by Crippen LogP contribution is -2.47. The summed E-state index contributed by atoms with van der Waals surface area (Å²) in [6, 6.07) is 13.6. The molecule has 4 aromatic heterocycles. The number of methoxy groups -OCH3 is 2. The molecule has 0 radical (unpaired) electrons. The maximum absolute atomic E-state index is 15.8. The van der Waals surface area contributed by atoms with Crippen molar-refractivity contribution in [3.63, 3.8) is 0 Å².